The van der Waals surface area contributed by atoms with Crippen molar-refractivity contribution in [2.45, 2.75) is 13.0 Å². The Bertz CT molecular complexity index is 101. The van der Waals surface area contributed by atoms with Crippen LogP contribution in [0.1, 0.15) is 6.92 Å². The van der Waals surface area contributed by atoms with Crippen LogP contribution in [0.3, 0.4) is 0 Å². The van der Waals surface area contributed by atoms with Crippen LogP contribution in [0.2, 0.25) is 0 Å². The molecule has 0 aliphatic carbocycles. The smallest absolute Gasteiger partial charge is 0.127 e. The van der Waals surface area contributed by atoms with Crippen LogP contribution >= 0.6 is 0 Å². The molecule has 0 bridgehead atoms. The largest absolute Gasteiger partial charge is 0.395 e. The molecule has 0 saturated carbocycles. The molecule has 1 aliphatic rings. The summed E-state index contributed by atoms with van der Waals surface area (Å²) in [6.07, 6.45) is 1.30. The minimum atomic E-state index is -0.332. The monoisotopic (exact) mass is 115 g/mol. The topological polar surface area (TPSA) is 41.8 Å². The fraction of sp³-hybridized carbons (Fsp3) is 0.800. The summed E-state index contributed by atoms with van der Waals surface area (Å²) in [5.41, 5.74) is 0. The summed E-state index contributed by atoms with van der Waals surface area (Å²) in [4.78, 5) is 4.63. The maximum absolute atomic E-state index is 8.88. The molecule has 3 heteroatoms. The van der Waals surface area contributed by atoms with Crippen molar-refractivity contribution >= 4 is 6.21 Å². The molecule has 0 radical (unpaired) electrons. The fourth-order valence-electron chi connectivity index (χ4n) is 0.557. The molecule has 46 valence electrons. The van der Waals surface area contributed by atoms with Crippen molar-refractivity contribution in [1.82, 2.24) is 0 Å². The minimum Gasteiger partial charge on any atom is -0.395 e. The second kappa shape index (κ2) is 2.13. The lowest BCUT2D eigenvalue weighted by Gasteiger charge is -2.05. The maximum Gasteiger partial charge on any atom is 0.127 e. The SMILES string of the molecule is C[C@H](O)[C@@H]1C=NOC1. The zero-order chi connectivity index (χ0) is 5.98. The molecule has 0 aromatic heterocycles. The van der Waals surface area contributed by atoms with Crippen molar-refractivity contribution in [2.24, 2.45) is 11.1 Å². The van der Waals surface area contributed by atoms with Gasteiger partial charge < -0.3 is 9.94 Å². The van der Waals surface area contributed by atoms with Crippen molar-refractivity contribution in [2.75, 3.05) is 6.61 Å². The second-order valence-electron chi connectivity index (χ2n) is 1.95. The molecule has 1 rings (SSSR count). The highest BCUT2D eigenvalue weighted by Gasteiger charge is 2.16. The highest BCUT2D eigenvalue weighted by atomic mass is 16.6. The van der Waals surface area contributed by atoms with E-state index < -0.39 is 0 Å². The van der Waals surface area contributed by atoms with E-state index in [9.17, 15) is 0 Å². The Morgan fingerprint density at radius 3 is 3.00 bits per heavy atom. The molecule has 0 aromatic rings. The number of oxime groups is 1. The molecular weight excluding hydrogens is 106 g/mol. The van der Waals surface area contributed by atoms with E-state index in [2.05, 4.69) is 9.99 Å². The minimum absolute atomic E-state index is 0.106. The number of aliphatic hydroxyl groups excluding tert-OH is 1. The first-order valence-corrected chi connectivity index (χ1v) is 2.64. The highest BCUT2D eigenvalue weighted by molar-refractivity contribution is 5.62. The molecule has 1 heterocycles. The van der Waals surface area contributed by atoms with E-state index in [1.54, 1.807) is 13.1 Å². The third-order valence-electron chi connectivity index (χ3n) is 1.21. The second-order valence-corrected chi connectivity index (χ2v) is 1.95. The average Bonchev–Trinajstić information content (AvgIpc) is 2.12. The van der Waals surface area contributed by atoms with Crippen LogP contribution in [-0.4, -0.2) is 24.0 Å². The third-order valence-corrected chi connectivity index (χ3v) is 1.21. The normalized spacial score (nSPS) is 30.0. The van der Waals surface area contributed by atoms with Crippen LogP contribution in [0.25, 0.3) is 0 Å². The van der Waals surface area contributed by atoms with Gasteiger partial charge in [-0.25, -0.2) is 0 Å². The molecule has 0 amide bonds. The van der Waals surface area contributed by atoms with Gasteiger partial charge in [0.2, 0.25) is 0 Å². The first kappa shape index (κ1) is 5.56. The Hall–Kier alpha value is -0.570. The van der Waals surface area contributed by atoms with E-state index in [4.69, 9.17) is 5.11 Å². The van der Waals surface area contributed by atoms with E-state index in [1.807, 2.05) is 0 Å². The number of hydrogen-bond donors (Lipinski definition) is 1. The van der Waals surface area contributed by atoms with Crippen LogP contribution in [0, 0.1) is 5.92 Å². The summed E-state index contributed by atoms with van der Waals surface area (Å²) in [7, 11) is 0. The van der Waals surface area contributed by atoms with Crippen LogP contribution in [0.4, 0.5) is 0 Å². The molecular formula is C5H9NO2. The molecule has 0 aromatic carbocycles. The first-order valence-electron chi connectivity index (χ1n) is 2.64. The van der Waals surface area contributed by atoms with Gasteiger partial charge in [-0.05, 0) is 6.92 Å². The van der Waals surface area contributed by atoms with Crippen molar-refractivity contribution in [3.8, 4) is 0 Å². The molecule has 0 fully saturated rings. The van der Waals surface area contributed by atoms with Gasteiger partial charge in [0.1, 0.15) is 6.61 Å². The van der Waals surface area contributed by atoms with Gasteiger partial charge >= 0.3 is 0 Å². The molecule has 3 nitrogen and oxygen atoms in total. The van der Waals surface area contributed by atoms with Crippen molar-refractivity contribution in [3.05, 3.63) is 0 Å². The van der Waals surface area contributed by atoms with E-state index >= 15 is 0 Å². The molecule has 1 aliphatic heterocycles. The number of hydrogen-bond acceptors (Lipinski definition) is 3. The Labute approximate surface area is 48.0 Å². The quantitative estimate of drug-likeness (QED) is 0.522. The predicted molar refractivity (Wildman–Crippen MR) is 29.6 cm³/mol. The maximum atomic E-state index is 8.88. The first-order chi connectivity index (χ1) is 3.80. The standard InChI is InChI=1S/C5H9NO2/c1-4(7)5-2-6-8-3-5/h2,4-5,7H,3H2,1H3/t4-,5+/m0/s1. The molecule has 2 atom stereocenters. The summed E-state index contributed by atoms with van der Waals surface area (Å²) >= 11 is 0. The summed E-state index contributed by atoms with van der Waals surface area (Å²) in [5, 5.41) is 12.4. The van der Waals surface area contributed by atoms with E-state index in [-0.39, 0.29) is 12.0 Å². The van der Waals surface area contributed by atoms with Gasteiger partial charge in [0, 0.05) is 0 Å². The molecule has 0 saturated heterocycles. The summed E-state index contributed by atoms with van der Waals surface area (Å²) < 4.78 is 0. The number of rotatable bonds is 1. The fourth-order valence-corrected chi connectivity index (χ4v) is 0.557. The van der Waals surface area contributed by atoms with Gasteiger partial charge in [-0.15, -0.1) is 0 Å². The Kier molecular flexibility index (Phi) is 1.48. The van der Waals surface area contributed by atoms with Gasteiger partial charge in [0.15, 0.2) is 0 Å². The van der Waals surface area contributed by atoms with E-state index in [0.29, 0.717) is 6.61 Å². The number of nitrogens with zero attached hydrogens (tertiary/aromatic N) is 1. The van der Waals surface area contributed by atoms with E-state index in [1.165, 1.54) is 0 Å². The summed E-state index contributed by atoms with van der Waals surface area (Å²) in [6.45, 7) is 2.25. The van der Waals surface area contributed by atoms with Crippen molar-refractivity contribution in [3.63, 3.8) is 0 Å². The molecule has 1 N–H and O–H groups in total. The van der Waals surface area contributed by atoms with Crippen LogP contribution in [0.5, 0.6) is 0 Å². The predicted octanol–water partition coefficient (Wildman–Crippen LogP) is -0.000600. The van der Waals surface area contributed by atoms with Crippen molar-refractivity contribution < 1.29 is 9.94 Å². The Morgan fingerprint density at radius 2 is 2.75 bits per heavy atom. The highest BCUT2D eigenvalue weighted by Crippen LogP contribution is 2.06. The number of aliphatic hydroxyl groups is 1. The molecule has 8 heavy (non-hydrogen) atoms. The van der Waals surface area contributed by atoms with Gasteiger partial charge in [-0.3, -0.25) is 0 Å². The van der Waals surface area contributed by atoms with Gasteiger partial charge in [-0.1, -0.05) is 5.16 Å². The lowest BCUT2D eigenvalue weighted by Crippen LogP contribution is -2.18. The summed E-state index contributed by atoms with van der Waals surface area (Å²) in [5.74, 6) is 0.106. The van der Waals surface area contributed by atoms with Gasteiger partial charge in [0.05, 0.1) is 18.2 Å². The average molecular weight is 115 g/mol. The van der Waals surface area contributed by atoms with Gasteiger partial charge in [0.25, 0.3) is 0 Å². The van der Waals surface area contributed by atoms with E-state index in [0.717, 1.165) is 0 Å². The molecule has 0 spiro atoms. The summed E-state index contributed by atoms with van der Waals surface area (Å²) in [6, 6.07) is 0. The third kappa shape index (κ3) is 0.980. The van der Waals surface area contributed by atoms with Gasteiger partial charge in [-0.2, -0.15) is 0 Å². The lowest BCUT2D eigenvalue weighted by atomic mass is 10.1. The van der Waals surface area contributed by atoms with Crippen LogP contribution in [-0.2, 0) is 4.84 Å². The van der Waals surface area contributed by atoms with Crippen LogP contribution in [0.15, 0.2) is 5.16 Å². The van der Waals surface area contributed by atoms with Crippen molar-refractivity contribution in [1.29, 1.82) is 0 Å². The Morgan fingerprint density at radius 1 is 2.00 bits per heavy atom. The molecule has 0 unspecified atom stereocenters. The zero-order valence-electron chi connectivity index (χ0n) is 4.74. The lowest BCUT2D eigenvalue weighted by molar-refractivity contribution is 0.0943. The van der Waals surface area contributed by atoms with Crippen LogP contribution < -0.4 is 0 Å². The Balaban J connectivity index is 2.36. The zero-order valence-corrected chi connectivity index (χ0v) is 4.74.